The molecular formula is C60H78N6O7. The Kier molecular flexibility index (Phi) is 13.8. The zero-order valence-electron chi connectivity index (χ0n) is 43.3. The first kappa shape index (κ1) is 50.3. The van der Waals surface area contributed by atoms with Crippen molar-refractivity contribution >= 4 is 17.5 Å². The third-order valence-electron chi connectivity index (χ3n) is 19.0. The van der Waals surface area contributed by atoms with Gasteiger partial charge in [-0.3, -0.25) is 9.59 Å². The number of carbonyl (C=O) groups is 3. The molecule has 0 amide bonds. The number of fused-ring (bicyclic) bond motifs is 6. The summed E-state index contributed by atoms with van der Waals surface area (Å²) in [7, 11) is 1.99. The predicted molar refractivity (Wildman–Crippen MR) is 281 cm³/mol. The fraction of sp³-hybridized carbons (Fsp3) is 0.583. The Morgan fingerprint density at radius 1 is 1.05 bits per heavy atom. The van der Waals surface area contributed by atoms with Gasteiger partial charge in [0.05, 0.1) is 18.9 Å². The van der Waals surface area contributed by atoms with Crippen molar-refractivity contribution in [2.75, 3.05) is 33.4 Å². The van der Waals surface area contributed by atoms with Gasteiger partial charge in [0, 0.05) is 48.9 Å². The SMILES string of the molecule is CCNC1C=C2C=CCC3C4C=CC(C23)C1C(CCCO)OC(=O)C12OC1(CC(CO)=C(C)CC1CCC3CC(NC)NC5=C3C1=CCN5)C(=O)c1cccc(c1C2=O)CC(C)(CC1=CNC(N)C=C1)CCC4. The first-order chi connectivity index (χ1) is 35.3. The number of dihydropyridines is 2. The normalized spacial score (nSPS) is 38.3. The van der Waals surface area contributed by atoms with Crippen LogP contribution in [0.4, 0.5) is 0 Å². The van der Waals surface area contributed by atoms with Crippen LogP contribution in [0, 0.1) is 46.8 Å². The lowest BCUT2D eigenvalue weighted by Gasteiger charge is -2.51. The minimum Gasteiger partial charge on any atom is -0.459 e. The number of nitrogens with one attached hydrogen (secondary N) is 5. The van der Waals surface area contributed by atoms with Crippen molar-refractivity contribution < 1.29 is 34.1 Å². The summed E-state index contributed by atoms with van der Waals surface area (Å²) in [5.74, 6) is 0.617. The van der Waals surface area contributed by atoms with Gasteiger partial charge in [-0.25, -0.2) is 4.79 Å². The number of esters is 1. The maximum Gasteiger partial charge on any atom is 0.350 e. The summed E-state index contributed by atoms with van der Waals surface area (Å²) >= 11 is 0. The number of benzene rings is 1. The zero-order chi connectivity index (χ0) is 50.8. The molecule has 2 fully saturated rings. The number of epoxide rings is 1. The van der Waals surface area contributed by atoms with E-state index in [1.807, 2.05) is 38.4 Å². The third kappa shape index (κ3) is 8.67. The minimum absolute atomic E-state index is 0.0210. The second kappa shape index (κ2) is 20.0. The van der Waals surface area contributed by atoms with Crippen LogP contribution in [0.2, 0.25) is 0 Å². The number of rotatable bonds is 13. The summed E-state index contributed by atoms with van der Waals surface area (Å²) in [6.45, 7) is 7.34. The molecule has 12 rings (SSSR count). The second-order valence-electron chi connectivity index (χ2n) is 23.5. The van der Waals surface area contributed by atoms with E-state index in [-0.39, 0.29) is 78.2 Å². The van der Waals surface area contributed by atoms with E-state index >= 15 is 14.4 Å². The van der Waals surface area contributed by atoms with Gasteiger partial charge in [0.15, 0.2) is 11.4 Å². The van der Waals surface area contributed by atoms with E-state index in [9.17, 15) is 10.2 Å². The number of Topliss-reactive ketones (excluding diaryl/α,β-unsaturated/α-hetero) is 2. The molecule has 0 aromatic heterocycles. The molecule has 1 saturated heterocycles. The van der Waals surface area contributed by atoms with Gasteiger partial charge in [0.25, 0.3) is 5.60 Å². The lowest BCUT2D eigenvalue weighted by atomic mass is 9.55. The van der Waals surface area contributed by atoms with Gasteiger partial charge in [0.1, 0.15) is 11.9 Å². The van der Waals surface area contributed by atoms with Gasteiger partial charge >= 0.3 is 5.97 Å². The number of ketones is 2. The highest BCUT2D eigenvalue weighted by atomic mass is 16.7. The highest BCUT2D eigenvalue weighted by molar-refractivity contribution is 6.33. The molecule has 5 aliphatic carbocycles. The van der Waals surface area contributed by atoms with E-state index in [0.29, 0.717) is 67.5 Å². The van der Waals surface area contributed by atoms with Crippen molar-refractivity contribution in [3.63, 3.8) is 0 Å². The number of ether oxygens (including phenoxy) is 2. The van der Waals surface area contributed by atoms with Crippen molar-refractivity contribution in [1.82, 2.24) is 26.6 Å². The smallest absolute Gasteiger partial charge is 0.350 e. The molecule has 1 spiro atoms. The molecule has 11 aliphatic rings. The molecule has 6 aliphatic heterocycles. The van der Waals surface area contributed by atoms with E-state index in [4.69, 9.17) is 15.2 Å². The molecule has 1 aromatic carbocycles. The van der Waals surface area contributed by atoms with Crippen LogP contribution < -0.4 is 32.3 Å². The highest BCUT2D eigenvalue weighted by Gasteiger charge is 2.86. The maximum absolute atomic E-state index is 16.0. The monoisotopic (exact) mass is 995 g/mol. The van der Waals surface area contributed by atoms with Gasteiger partial charge in [0.2, 0.25) is 5.78 Å². The number of hydrogen-bond donors (Lipinski definition) is 8. The van der Waals surface area contributed by atoms with Crippen molar-refractivity contribution in [3.05, 3.63) is 129 Å². The summed E-state index contributed by atoms with van der Waals surface area (Å²) in [5, 5.41) is 39.4. The molecular weight excluding hydrogens is 917 g/mol. The number of allylic oxidation sites excluding steroid dienone is 10. The Labute approximate surface area is 431 Å². The number of aliphatic hydroxyl groups is 2. The van der Waals surface area contributed by atoms with Gasteiger partial charge in [-0.1, -0.05) is 86.6 Å². The number of aliphatic hydroxyl groups excluding tert-OH is 2. The Hall–Kier alpha value is -4.89. The van der Waals surface area contributed by atoms with Crippen molar-refractivity contribution in [2.24, 2.45) is 52.6 Å². The molecule has 1 aromatic rings. The van der Waals surface area contributed by atoms with Crippen LogP contribution in [0.15, 0.2) is 112 Å². The topological polar surface area (TPSA) is 200 Å². The van der Waals surface area contributed by atoms with E-state index in [1.54, 1.807) is 6.07 Å². The molecule has 13 heteroatoms. The fourth-order valence-electron chi connectivity index (χ4n) is 15.5. The van der Waals surface area contributed by atoms with Crippen LogP contribution in [-0.2, 0) is 20.7 Å². The average Bonchev–Trinajstić information content (AvgIpc) is 4.10. The lowest BCUT2D eigenvalue weighted by Crippen LogP contribution is -2.56. The minimum atomic E-state index is -2.27. The molecule has 1 saturated carbocycles. The molecule has 6 heterocycles. The van der Waals surface area contributed by atoms with Gasteiger partial charge in [-0.2, -0.15) is 0 Å². The van der Waals surface area contributed by atoms with Crippen LogP contribution in [0.5, 0.6) is 0 Å². The number of carbonyl (C=O) groups excluding carboxylic acids is 3. The Balaban J connectivity index is 1.01. The van der Waals surface area contributed by atoms with Crippen molar-refractivity contribution in [1.29, 1.82) is 0 Å². The number of nitrogens with two attached hydrogens (primary N) is 1. The van der Waals surface area contributed by atoms with Crippen LogP contribution in [-0.4, -0.2) is 96.8 Å². The Morgan fingerprint density at radius 2 is 1.92 bits per heavy atom. The quantitative estimate of drug-likeness (QED) is 0.0454. The van der Waals surface area contributed by atoms with E-state index < -0.39 is 34.8 Å². The molecule has 6 bridgehead atoms. The lowest BCUT2D eigenvalue weighted by molar-refractivity contribution is -0.159. The van der Waals surface area contributed by atoms with E-state index in [1.165, 1.54) is 16.7 Å². The number of hydrogen-bond acceptors (Lipinski definition) is 13. The maximum atomic E-state index is 16.0. The first-order valence-corrected chi connectivity index (χ1v) is 27.7. The second-order valence-corrected chi connectivity index (χ2v) is 23.5. The predicted octanol–water partition coefficient (Wildman–Crippen LogP) is 6.63. The molecule has 14 unspecified atom stereocenters. The first-order valence-electron chi connectivity index (χ1n) is 27.7. The summed E-state index contributed by atoms with van der Waals surface area (Å²) in [6, 6.07) is 5.36. The summed E-state index contributed by atoms with van der Waals surface area (Å²) in [4.78, 5) is 47.6. The van der Waals surface area contributed by atoms with Crippen LogP contribution in [0.25, 0.3) is 0 Å². The average molecular weight is 995 g/mol. The number of likely N-dealkylation sites (N-methyl/N-ethyl adjacent to an activating group) is 1. The molecule has 9 N–H and O–H groups in total. The molecule has 73 heavy (non-hydrogen) atoms. The largest absolute Gasteiger partial charge is 0.459 e. The Bertz CT molecular complexity index is 2660. The molecule has 390 valence electrons. The molecule has 13 nitrogen and oxygen atoms in total. The third-order valence-corrected chi connectivity index (χ3v) is 19.0. The summed E-state index contributed by atoms with van der Waals surface area (Å²) in [5.41, 5.74) is 9.46. The van der Waals surface area contributed by atoms with E-state index in [2.05, 4.69) is 83.0 Å². The zero-order valence-corrected chi connectivity index (χ0v) is 43.3. The summed E-state index contributed by atoms with van der Waals surface area (Å²) in [6.07, 6.45) is 28.7. The van der Waals surface area contributed by atoms with Crippen LogP contribution in [0.3, 0.4) is 0 Å². The Morgan fingerprint density at radius 3 is 2.70 bits per heavy atom. The van der Waals surface area contributed by atoms with Crippen molar-refractivity contribution in [3.8, 4) is 0 Å². The molecule has 0 radical (unpaired) electrons. The van der Waals surface area contributed by atoms with Gasteiger partial charge in [-0.05, 0) is 172 Å². The standard InChI is InChI=1S/C60H78N6O7/c1-5-63-46-27-38-10-6-13-42-36-12-8-23-58(3,29-35-16-21-48(61)65-32-35)30-40-11-7-14-45-51(40)55(70)60(57(71)72-47(15-9-25-67)53(46)44(20-19-36)50(38)42)59(73-60,54(45)69)31-41(33-68)34(2)26-37-17-18-39-28-49(62-4)66-56-52(39)43(37)22-24-64-56/h6-7,10-11,14,16,19-22,27,32,36-37,39,42,44,46-50,53,62-68H,5,8-9,12-13,15,17-18,23-26,28-31,33,61H2,1-4H3. The van der Waals surface area contributed by atoms with Gasteiger partial charge in [-0.15, -0.1) is 0 Å². The van der Waals surface area contributed by atoms with Crippen LogP contribution >= 0.6 is 0 Å². The van der Waals surface area contributed by atoms with Crippen LogP contribution in [0.1, 0.15) is 124 Å². The summed E-state index contributed by atoms with van der Waals surface area (Å²) < 4.78 is 13.7. The van der Waals surface area contributed by atoms with E-state index in [0.717, 1.165) is 68.5 Å². The van der Waals surface area contributed by atoms with Gasteiger partial charge < -0.3 is 52.0 Å². The highest BCUT2D eigenvalue weighted by Crippen LogP contribution is 2.61. The fourth-order valence-corrected chi connectivity index (χ4v) is 15.5. The molecule has 14 atom stereocenters. The van der Waals surface area contributed by atoms with Crippen molar-refractivity contribution in [2.45, 2.75) is 140 Å².